The van der Waals surface area contributed by atoms with Crippen LogP contribution in [0.15, 0.2) is 38.6 Å². The van der Waals surface area contributed by atoms with Crippen LogP contribution in [0.5, 0.6) is 0 Å². The minimum absolute atomic E-state index is 0.0696. The SMILES string of the molecule is O=C(O)Cc1cccc(NC(=O)c2cc(Br)c(Br)s2)c1. The van der Waals surface area contributed by atoms with Gasteiger partial charge in [0, 0.05) is 10.2 Å². The summed E-state index contributed by atoms with van der Waals surface area (Å²) in [5.74, 6) is -1.13. The molecule has 1 aromatic heterocycles. The molecule has 1 amide bonds. The summed E-state index contributed by atoms with van der Waals surface area (Å²) in [5.41, 5.74) is 1.22. The fraction of sp³-hybridized carbons (Fsp3) is 0.0769. The number of amides is 1. The molecule has 0 unspecified atom stereocenters. The lowest BCUT2D eigenvalue weighted by Gasteiger charge is -2.05. The summed E-state index contributed by atoms with van der Waals surface area (Å²) in [4.78, 5) is 23.3. The van der Waals surface area contributed by atoms with E-state index in [1.807, 2.05) is 0 Å². The highest BCUT2D eigenvalue weighted by Crippen LogP contribution is 2.32. The Hall–Kier alpha value is -1.18. The summed E-state index contributed by atoms with van der Waals surface area (Å²) in [6.07, 6.45) is -0.0696. The molecular formula is C13H9Br2NO3S. The number of halogens is 2. The van der Waals surface area contributed by atoms with E-state index < -0.39 is 5.97 Å². The van der Waals surface area contributed by atoms with Crippen LogP contribution in [0.25, 0.3) is 0 Å². The Bertz CT molecular complexity index is 650. The van der Waals surface area contributed by atoms with Gasteiger partial charge in [-0.15, -0.1) is 11.3 Å². The molecule has 20 heavy (non-hydrogen) atoms. The van der Waals surface area contributed by atoms with Gasteiger partial charge in [-0.05, 0) is 55.6 Å². The van der Waals surface area contributed by atoms with Crippen LogP contribution in [0, 0.1) is 0 Å². The number of carboxylic acid groups (broad SMARTS) is 1. The van der Waals surface area contributed by atoms with E-state index >= 15 is 0 Å². The lowest BCUT2D eigenvalue weighted by atomic mass is 10.1. The molecule has 0 saturated heterocycles. The van der Waals surface area contributed by atoms with Gasteiger partial charge in [0.1, 0.15) is 0 Å². The molecule has 1 aromatic carbocycles. The first-order valence-corrected chi connectivity index (χ1v) is 7.93. The van der Waals surface area contributed by atoms with Crippen molar-refractivity contribution in [3.05, 3.63) is 49.0 Å². The summed E-state index contributed by atoms with van der Waals surface area (Å²) in [6.45, 7) is 0. The first kappa shape index (κ1) is 15.2. The highest BCUT2D eigenvalue weighted by molar-refractivity contribution is 9.13. The zero-order valence-corrected chi connectivity index (χ0v) is 14.0. The quantitative estimate of drug-likeness (QED) is 0.783. The predicted octanol–water partition coefficient (Wildman–Crippen LogP) is 4.15. The van der Waals surface area contributed by atoms with Crippen molar-refractivity contribution in [2.24, 2.45) is 0 Å². The second kappa shape index (κ2) is 6.51. The smallest absolute Gasteiger partial charge is 0.307 e. The minimum Gasteiger partial charge on any atom is -0.481 e. The molecule has 2 N–H and O–H groups in total. The number of hydrogen-bond donors (Lipinski definition) is 2. The summed E-state index contributed by atoms with van der Waals surface area (Å²) < 4.78 is 1.68. The van der Waals surface area contributed by atoms with Crippen molar-refractivity contribution in [3.63, 3.8) is 0 Å². The van der Waals surface area contributed by atoms with E-state index in [4.69, 9.17) is 5.11 Å². The van der Waals surface area contributed by atoms with Gasteiger partial charge in [0.2, 0.25) is 0 Å². The van der Waals surface area contributed by atoms with Crippen molar-refractivity contribution in [3.8, 4) is 0 Å². The normalized spacial score (nSPS) is 10.3. The second-order valence-electron chi connectivity index (χ2n) is 3.96. The van der Waals surface area contributed by atoms with Crippen molar-refractivity contribution >= 4 is 60.8 Å². The zero-order valence-electron chi connectivity index (χ0n) is 10.0. The maximum absolute atomic E-state index is 12.1. The summed E-state index contributed by atoms with van der Waals surface area (Å²) in [7, 11) is 0. The predicted molar refractivity (Wildman–Crippen MR) is 85.5 cm³/mol. The van der Waals surface area contributed by atoms with E-state index in [9.17, 15) is 9.59 Å². The molecule has 0 bridgehead atoms. The maximum Gasteiger partial charge on any atom is 0.307 e. The molecule has 0 aliphatic carbocycles. The van der Waals surface area contributed by atoms with E-state index in [1.165, 1.54) is 11.3 Å². The Morgan fingerprint density at radius 1 is 1.25 bits per heavy atom. The van der Waals surface area contributed by atoms with Gasteiger partial charge in [-0.2, -0.15) is 0 Å². The fourth-order valence-electron chi connectivity index (χ4n) is 1.58. The average Bonchev–Trinajstić information content (AvgIpc) is 2.69. The first-order chi connectivity index (χ1) is 9.45. The molecule has 0 aliphatic rings. The van der Waals surface area contributed by atoms with E-state index in [-0.39, 0.29) is 12.3 Å². The first-order valence-electron chi connectivity index (χ1n) is 5.52. The molecule has 0 saturated carbocycles. The van der Waals surface area contributed by atoms with E-state index in [1.54, 1.807) is 30.3 Å². The van der Waals surface area contributed by atoms with Gasteiger partial charge in [-0.1, -0.05) is 12.1 Å². The number of nitrogens with one attached hydrogen (secondary N) is 1. The number of hydrogen-bond acceptors (Lipinski definition) is 3. The Morgan fingerprint density at radius 3 is 2.60 bits per heavy atom. The second-order valence-corrected chi connectivity index (χ2v) is 7.18. The van der Waals surface area contributed by atoms with Crippen molar-refractivity contribution in [1.29, 1.82) is 0 Å². The van der Waals surface area contributed by atoms with Gasteiger partial charge < -0.3 is 10.4 Å². The Morgan fingerprint density at radius 2 is 2.00 bits per heavy atom. The summed E-state index contributed by atoms with van der Waals surface area (Å²) >= 11 is 7.98. The monoisotopic (exact) mass is 417 g/mol. The number of aliphatic carboxylic acids is 1. The number of benzene rings is 1. The Labute approximate surface area is 136 Å². The van der Waals surface area contributed by atoms with Crippen LogP contribution in [0.3, 0.4) is 0 Å². The average molecular weight is 419 g/mol. The third kappa shape index (κ3) is 3.91. The third-order valence-electron chi connectivity index (χ3n) is 2.41. The summed E-state index contributed by atoms with van der Waals surface area (Å²) in [5, 5.41) is 11.5. The van der Waals surface area contributed by atoms with Gasteiger partial charge in [0.05, 0.1) is 15.1 Å². The number of rotatable bonds is 4. The molecule has 104 valence electrons. The van der Waals surface area contributed by atoms with Crippen LogP contribution in [0.2, 0.25) is 0 Å². The molecule has 7 heteroatoms. The Kier molecular flexibility index (Phi) is 4.95. The highest BCUT2D eigenvalue weighted by Gasteiger charge is 2.12. The molecule has 0 fully saturated rings. The van der Waals surface area contributed by atoms with Gasteiger partial charge in [0.25, 0.3) is 5.91 Å². The molecule has 1 heterocycles. The van der Waals surface area contributed by atoms with E-state index in [2.05, 4.69) is 37.2 Å². The minimum atomic E-state index is -0.903. The molecule has 4 nitrogen and oxygen atoms in total. The molecular weight excluding hydrogens is 410 g/mol. The van der Waals surface area contributed by atoms with Crippen LogP contribution in [0.4, 0.5) is 5.69 Å². The maximum atomic E-state index is 12.1. The van der Waals surface area contributed by atoms with E-state index in [0.29, 0.717) is 16.1 Å². The van der Waals surface area contributed by atoms with Crippen LogP contribution >= 0.6 is 43.2 Å². The van der Waals surface area contributed by atoms with Crippen molar-refractivity contribution in [2.75, 3.05) is 5.32 Å². The van der Waals surface area contributed by atoms with Crippen LogP contribution in [-0.4, -0.2) is 17.0 Å². The van der Waals surface area contributed by atoms with E-state index in [0.717, 1.165) is 8.26 Å². The zero-order chi connectivity index (χ0) is 14.7. The highest BCUT2D eigenvalue weighted by atomic mass is 79.9. The molecule has 0 spiro atoms. The third-order valence-corrected chi connectivity index (χ3v) is 5.66. The molecule has 0 atom stereocenters. The van der Waals surface area contributed by atoms with Gasteiger partial charge in [-0.25, -0.2) is 0 Å². The van der Waals surface area contributed by atoms with Crippen LogP contribution in [-0.2, 0) is 11.2 Å². The van der Waals surface area contributed by atoms with Crippen LogP contribution in [0.1, 0.15) is 15.2 Å². The molecule has 2 aromatic rings. The number of carbonyl (C=O) groups is 2. The molecule has 0 radical (unpaired) electrons. The van der Waals surface area contributed by atoms with Crippen molar-refractivity contribution in [1.82, 2.24) is 0 Å². The Balaban J connectivity index is 2.13. The van der Waals surface area contributed by atoms with Crippen molar-refractivity contribution in [2.45, 2.75) is 6.42 Å². The van der Waals surface area contributed by atoms with Gasteiger partial charge in [0.15, 0.2) is 0 Å². The lowest BCUT2D eigenvalue weighted by Crippen LogP contribution is -2.10. The standard InChI is InChI=1S/C13H9Br2NO3S/c14-9-6-10(20-12(9)15)13(19)16-8-3-1-2-7(4-8)5-11(17)18/h1-4,6H,5H2,(H,16,19)(H,17,18). The molecule has 0 aliphatic heterocycles. The number of carbonyl (C=O) groups excluding carboxylic acids is 1. The fourth-order valence-corrected chi connectivity index (χ4v) is 3.52. The largest absolute Gasteiger partial charge is 0.481 e. The number of anilines is 1. The lowest BCUT2D eigenvalue weighted by molar-refractivity contribution is -0.136. The summed E-state index contributed by atoms with van der Waals surface area (Å²) in [6, 6.07) is 8.53. The topological polar surface area (TPSA) is 66.4 Å². The number of carboxylic acids is 1. The molecule has 2 rings (SSSR count). The van der Waals surface area contributed by atoms with Crippen molar-refractivity contribution < 1.29 is 14.7 Å². The van der Waals surface area contributed by atoms with Gasteiger partial charge in [-0.3, -0.25) is 9.59 Å². The number of thiophene rings is 1. The van der Waals surface area contributed by atoms with Gasteiger partial charge >= 0.3 is 5.97 Å². The van der Waals surface area contributed by atoms with Crippen LogP contribution < -0.4 is 5.32 Å².